The molecule has 21 heavy (non-hydrogen) atoms. The van der Waals surface area contributed by atoms with E-state index in [1.165, 1.54) is 31.0 Å². The second kappa shape index (κ2) is 7.00. The van der Waals surface area contributed by atoms with Crippen LogP contribution in [-0.4, -0.2) is 46.4 Å². The molecule has 1 rings (SSSR count). The molecule has 1 unspecified atom stereocenters. The zero-order valence-corrected chi connectivity index (χ0v) is 12.1. The Morgan fingerprint density at radius 1 is 1.52 bits per heavy atom. The number of nitro benzene ring substituents is 1. The van der Waals surface area contributed by atoms with E-state index in [4.69, 9.17) is 16.7 Å². The van der Waals surface area contributed by atoms with Crippen molar-refractivity contribution in [1.82, 2.24) is 4.90 Å². The minimum Gasteiger partial charge on any atom is -0.480 e. The molecular formula is C12H14ClN3O5. The van der Waals surface area contributed by atoms with Gasteiger partial charge in [0.15, 0.2) is 0 Å². The highest BCUT2D eigenvalue weighted by atomic mass is 35.5. The molecule has 9 heteroatoms. The van der Waals surface area contributed by atoms with Gasteiger partial charge < -0.3 is 10.4 Å². The molecule has 0 saturated heterocycles. The van der Waals surface area contributed by atoms with Crippen LogP contribution in [0.4, 0.5) is 11.4 Å². The summed E-state index contributed by atoms with van der Waals surface area (Å²) in [6, 6.07) is 3.04. The zero-order valence-electron chi connectivity index (χ0n) is 11.4. The van der Waals surface area contributed by atoms with E-state index in [1.54, 1.807) is 0 Å². The molecule has 0 saturated carbocycles. The predicted octanol–water partition coefficient (Wildman–Crippen LogP) is 1.59. The maximum absolute atomic E-state index is 11.8. The van der Waals surface area contributed by atoms with Gasteiger partial charge >= 0.3 is 5.97 Å². The Hall–Kier alpha value is -2.19. The molecule has 1 amide bonds. The Balaban J connectivity index is 2.73. The van der Waals surface area contributed by atoms with E-state index in [1.807, 2.05) is 0 Å². The van der Waals surface area contributed by atoms with Gasteiger partial charge in [0.2, 0.25) is 5.91 Å². The summed E-state index contributed by atoms with van der Waals surface area (Å²) >= 11 is 5.66. The van der Waals surface area contributed by atoms with Crippen LogP contribution in [0.25, 0.3) is 0 Å². The number of carboxylic acid groups (broad SMARTS) is 1. The molecule has 0 aliphatic heterocycles. The number of carbonyl (C=O) groups excluding carboxylic acids is 1. The Morgan fingerprint density at radius 3 is 2.67 bits per heavy atom. The molecule has 0 heterocycles. The van der Waals surface area contributed by atoms with Crippen molar-refractivity contribution >= 4 is 34.9 Å². The molecule has 0 aliphatic rings. The van der Waals surface area contributed by atoms with Crippen LogP contribution in [0.2, 0.25) is 5.02 Å². The number of hydrogen-bond acceptors (Lipinski definition) is 5. The second-order valence-electron chi connectivity index (χ2n) is 4.40. The Morgan fingerprint density at radius 2 is 2.14 bits per heavy atom. The topological polar surface area (TPSA) is 113 Å². The van der Waals surface area contributed by atoms with Crippen LogP contribution in [0.1, 0.15) is 6.92 Å². The van der Waals surface area contributed by atoms with Crippen LogP contribution in [0.5, 0.6) is 0 Å². The Kier molecular flexibility index (Phi) is 5.62. The standard InChI is InChI=1S/C12H14ClN3O5/c1-7(12(18)19)15(2)6-11(17)14-8-3-4-9(13)10(5-8)16(20)21/h3-5,7H,6H2,1-2H3,(H,14,17)(H,18,19). The average molecular weight is 316 g/mol. The van der Waals surface area contributed by atoms with E-state index in [-0.39, 0.29) is 22.9 Å². The van der Waals surface area contributed by atoms with Crippen molar-refractivity contribution in [2.45, 2.75) is 13.0 Å². The van der Waals surface area contributed by atoms with E-state index in [0.29, 0.717) is 0 Å². The van der Waals surface area contributed by atoms with Crippen LogP contribution < -0.4 is 5.32 Å². The fourth-order valence-corrected chi connectivity index (χ4v) is 1.67. The van der Waals surface area contributed by atoms with Crippen molar-refractivity contribution in [3.63, 3.8) is 0 Å². The summed E-state index contributed by atoms with van der Waals surface area (Å²) in [4.78, 5) is 34.0. The summed E-state index contributed by atoms with van der Waals surface area (Å²) in [5.41, 5.74) is -0.103. The molecule has 0 spiro atoms. The molecule has 1 aromatic carbocycles. The monoisotopic (exact) mass is 315 g/mol. The molecule has 0 fully saturated rings. The first-order valence-electron chi connectivity index (χ1n) is 5.89. The quantitative estimate of drug-likeness (QED) is 0.609. The van der Waals surface area contributed by atoms with E-state index < -0.39 is 22.8 Å². The van der Waals surface area contributed by atoms with Crippen molar-refractivity contribution in [3.8, 4) is 0 Å². The maximum atomic E-state index is 11.8. The van der Waals surface area contributed by atoms with Gasteiger partial charge in [0, 0.05) is 11.8 Å². The number of aliphatic carboxylic acids is 1. The lowest BCUT2D eigenvalue weighted by Gasteiger charge is -2.20. The van der Waals surface area contributed by atoms with Crippen LogP contribution in [0.3, 0.4) is 0 Å². The number of halogens is 1. The molecule has 8 nitrogen and oxygen atoms in total. The summed E-state index contributed by atoms with van der Waals surface area (Å²) < 4.78 is 0. The van der Waals surface area contributed by atoms with Gasteiger partial charge in [-0.05, 0) is 26.1 Å². The lowest BCUT2D eigenvalue weighted by atomic mass is 10.2. The molecule has 0 aliphatic carbocycles. The highest BCUT2D eigenvalue weighted by molar-refractivity contribution is 6.32. The zero-order chi connectivity index (χ0) is 16.2. The third kappa shape index (κ3) is 4.69. The molecule has 1 aromatic rings. The molecule has 2 N–H and O–H groups in total. The smallest absolute Gasteiger partial charge is 0.320 e. The number of nitrogens with one attached hydrogen (secondary N) is 1. The largest absolute Gasteiger partial charge is 0.480 e. The van der Waals surface area contributed by atoms with Gasteiger partial charge in [0.1, 0.15) is 11.1 Å². The number of carboxylic acids is 1. The van der Waals surface area contributed by atoms with Crippen LogP contribution in [-0.2, 0) is 9.59 Å². The number of nitro groups is 1. The van der Waals surface area contributed by atoms with Gasteiger partial charge in [-0.15, -0.1) is 0 Å². The van der Waals surface area contributed by atoms with E-state index in [9.17, 15) is 19.7 Å². The molecule has 1 atom stereocenters. The van der Waals surface area contributed by atoms with Gasteiger partial charge in [-0.25, -0.2) is 0 Å². The van der Waals surface area contributed by atoms with Crippen LogP contribution in [0.15, 0.2) is 18.2 Å². The Bertz CT molecular complexity index is 578. The second-order valence-corrected chi connectivity index (χ2v) is 4.81. The van der Waals surface area contributed by atoms with Crippen molar-refractivity contribution in [2.75, 3.05) is 18.9 Å². The summed E-state index contributed by atoms with van der Waals surface area (Å²) in [5.74, 6) is -1.53. The van der Waals surface area contributed by atoms with Gasteiger partial charge in [0.05, 0.1) is 11.5 Å². The predicted molar refractivity (Wildman–Crippen MR) is 76.5 cm³/mol. The van der Waals surface area contributed by atoms with E-state index in [0.717, 1.165) is 6.07 Å². The minimum atomic E-state index is -1.05. The summed E-state index contributed by atoms with van der Waals surface area (Å²) in [7, 11) is 1.49. The molecule has 0 bridgehead atoms. The fourth-order valence-electron chi connectivity index (χ4n) is 1.48. The molecule has 114 valence electrons. The molecule has 0 aromatic heterocycles. The van der Waals surface area contributed by atoms with Gasteiger partial charge in [0.25, 0.3) is 5.69 Å². The highest BCUT2D eigenvalue weighted by Crippen LogP contribution is 2.27. The maximum Gasteiger partial charge on any atom is 0.320 e. The lowest BCUT2D eigenvalue weighted by Crippen LogP contribution is -2.40. The number of likely N-dealkylation sites (N-methyl/N-ethyl adjacent to an activating group) is 1. The lowest BCUT2D eigenvalue weighted by molar-refractivity contribution is -0.384. The molecular weight excluding hydrogens is 302 g/mol. The molecule has 0 radical (unpaired) electrons. The Labute approximate surface area is 125 Å². The first kappa shape index (κ1) is 16.9. The number of nitrogens with zero attached hydrogens (tertiary/aromatic N) is 2. The van der Waals surface area contributed by atoms with E-state index in [2.05, 4.69) is 5.32 Å². The van der Waals surface area contributed by atoms with Crippen molar-refractivity contribution in [2.24, 2.45) is 0 Å². The number of anilines is 1. The number of carbonyl (C=O) groups is 2. The number of amides is 1. The third-order valence-corrected chi connectivity index (χ3v) is 3.16. The van der Waals surface area contributed by atoms with Crippen LogP contribution >= 0.6 is 11.6 Å². The van der Waals surface area contributed by atoms with Gasteiger partial charge in [-0.2, -0.15) is 0 Å². The normalized spacial score (nSPS) is 12.0. The number of benzene rings is 1. The van der Waals surface area contributed by atoms with Crippen molar-refractivity contribution < 1.29 is 19.6 Å². The van der Waals surface area contributed by atoms with Gasteiger partial charge in [-0.3, -0.25) is 24.6 Å². The van der Waals surface area contributed by atoms with E-state index >= 15 is 0 Å². The van der Waals surface area contributed by atoms with Crippen LogP contribution in [0, 0.1) is 10.1 Å². The number of rotatable bonds is 6. The summed E-state index contributed by atoms with van der Waals surface area (Å²) in [6.07, 6.45) is 0. The highest BCUT2D eigenvalue weighted by Gasteiger charge is 2.20. The fraction of sp³-hybridized carbons (Fsp3) is 0.333. The summed E-state index contributed by atoms with van der Waals surface area (Å²) in [6.45, 7) is 1.28. The first-order chi connectivity index (χ1) is 9.72. The summed E-state index contributed by atoms with van der Waals surface area (Å²) in [5, 5.41) is 22.0. The number of hydrogen-bond donors (Lipinski definition) is 2. The third-order valence-electron chi connectivity index (χ3n) is 2.84. The first-order valence-corrected chi connectivity index (χ1v) is 6.27. The van der Waals surface area contributed by atoms with Gasteiger partial charge in [-0.1, -0.05) is 11.6 Å². The van der Waals surface area contributed by atoms with Crippen molar-refractivity contribution in [1.29, 1.82) is 0 Å². The SMILES string of the molecule is CC(C(=O)O)N(C)CC(=O)Nc1ccc(Cl)c([N+](=O)[O-])c1. The average Bonchev–Trinajstić information content (AvgIpc) is 2.39. The minimum absolute atomic E-state index is 0.0328. The van der Waals surface area contributed by atoms with Crippen molar-refractivity contribution in [3.05, 3.63) is 33.3 Å².